The van der Waals surface area contributed by atoms with Crippen LogP contribution in [-0.2, 0) is 31.2 Å². The summed E-state index contributed by atoms with van der Waals surface area (Å²) in [6.45, 7) is 5.26. The van der Waals surface area contributed by atoms with Crippen LogP contribution in [0.4, 0.5) is 0 Å². The first kappa shape index (κ1) is 18.4. The van der Waals surface area contributed by atoms with Crippen molar-refractivity contribution < 1.29 is 4.42 Å². The molecule has 6 rings (SSSR count). The van der Waals surface area contributed by atoms with Gasteiger partial charge in [-0.3, -0.25) is 4.90 Å². The SMILES string of the molecule is Cc1oc(-c2ccc3c(c2)CCC3)nc1CN1CCC2(CCc3ccccc32)CC1. The van der Waals surface area contributed by atoms with Crippen LogP contribution < -0.4 is 0 Å². The Labute approximate surface area is 179 Å². The third-order valence-corrected chi connectivity index (χ3v) is 7.89. The molecule has 3 aromatic rings. The van der Waals surface area contributed by atoms with Crippen LogP contribution >= 0.6 is 0 Å². The fourth-order valence-corrected chi connectivity index (χ4v) is 6.04. The lowest BCUT2D eigenvalue weighted by molar-refractivity contribution is 0.150. The Hall–Kier alpha value is -2.39. The average molecular weight is 399 g/mol. The summed E-state index contributed by atoms with van der Waals surface area (Å²) in [5.41, 5.74) is 8.83. The molecule has 3 heteroatoms. The van der Waals surface area contributed by atoms with Crippen molar-refractivity contribution in [2.24, 2.45) is 0 Å². The molecule has 3 aliphatic rings. The number of benzene rings is 2. The van der Waals surface area contributed by atoms with Crippen molar-refractivity contribution in [2.45, 2.75) is 63.8 Å². The van der Waals surface area contributed by atoms with Crippen molar-refractivity contribution >= 4 is 0 Å². The van der Waals surface area contributed by atoms with E-state index in [1.807, 2.05) is 0 Å². The van der Waals surface area contributed by atoms with Crippen molar-refractivity contribution in [3.63, 3.8) is 0 Å². The summed E-state index contributed by atoms with van der Waals surface area (Å²) < 4.78 is 6.10. The molecule has 154 valence electrons. The minimum absolute atomic E-state index is 0.418. The predicted octanol–water partition coefficient (Wildman–Crippen LogP) is 5.62. The molecule has 0 radical (unpaired) electrons. The summed E-state index contributed by atoms with van der Waals surface area (Å²) in [5, 5.41) is 0. The van der Waals surface area contributed by atoms with Crippen molar-refractivity contribution in [3.05, 3.63) is 76.2 Å². The molecule has 30 heavy (non-hydrogen) atoms. The first-order valence-electron chi connectivity index (χ1n) is 11.6. The molecule has 1 aliphatic heterocycles. The second-order valence-corrected chi connectivity index (χ2v) is 9.57. The Kier molecular flexibility index (Phi) is 4.35. The summed E-state index contributed by atoms with van der Waals surface area (Å²) >= 11 is 0. The van der Waals surface area contributed by atoms with E-state index in [0.29, 0.717) is 5.41 Å². The number of nitrogens with zero attached hydrogens (tertiary/aromatic N) is 2. The van der Waals surface area contributed by atoms with E-state index in [4.69, 9.17) is 9.40 Å². The number of fused-ring (bicyclic) bond motifs is 3. The van der Waals surface area contributed by atoms with Gasteiger partial charge in [0.05, 0.1) is 5.69 Å². The van der Waals surface area contributed by atoms with Gasteiger partial charge in [0.1, 0.15) is 5.76 Å². The summed E-state index contributed by atoms with van der Waals surface area (Å²) in [4.78, 5) is 7.49. The molecule has 1 fully saturated rings. The van der Waals surface area contributed by atoms with E-state index < -0.39 is 0 Å². The quantitative estimate of drug-likeness (QED) is 0.573. The van der Waals surface area contributed by atoms with Gasteiger partial charge in [-0.15, -0.1) is 0 Å². The molecule has 0 unspecified atom stereocenters. The Morgan fingerprint density at radius 2 is 1.77 bits per heavy atom. The number of oxazole rings is 1. The van der Waals surface area contributed by atoms with Gasteiger partial charge in [0.25, 0.3) is 0 Å². The highest BCUT2D eigenvalue weighted by atomic mass is 16.4. The van der Waals surface area contributed by atoms with E-state index in [1.165, 1.54) is 56.1 Å². The molecule has 2 aromatic carbocycles. The van der Waals surface area contributed by atoms with Crippen molar-refractivity contribution in [3.8, 4) is 11.5 Å². The van der Waals surface area contributed by atoms with Gasteiger partial charge in [-0.05, 0) is 105 Å². The van der Waals surface area contributed by atoms with E-state index in [1.54, 1.807) is 11.1 Å². The smallest absolute Gasteiger partial charge is 0.226 e. The number of aromatic nitrogens is 1. The lowest BCUT2D eigenvalue weighted by atomic mass is 9.74. The van der Waals surface area contributed by atoms with Crippen LogP contribution in [0, 0.1) is 6.92 Å². The highest BCUT2D eigenvalue weighted by Crippen LogP contribution is 2.46. The molecule has 1 spiro atoms. The minimum Gasteiger partial charge on any atom is -0.441 e. The highest BCUT2D eigenvalue weighted by Gasteiger charge is 2.40. The molecule has 3 nitrogen and oxygen atoms in total. The Balaban J connectivity index is 1.16. The largest absolute Gasteiger partial charge is 0.441 e. The second-order valence-electron chi connectivity index (χ2n) is 9.57. The lowest BCUT2D eigenvalue weighted by Gasteiger charge is -2.40. The zero-order valence-electron chi connectivity index (χ0n) is 17.9. The molecule has 0 amide bonds. The maximum atomic E-state index is 6.10. The maximum absolute atomic E-state index is 6.10. The first-order chi connectivity index (χ1) is 14.7. The molecule has 2 aliphatic carbocycles. The Bertz CT molecular complexity index is 1090. The summed E-state index contributed by atoms with van der Waals surface area (Å²) in [7, 11) is 0. The standard InChI is InChI=1S/C27H30N2O/c1-19-25(28-26(30-19)23-10-9-20-6-4-7-22(20)17-23)18-29-15-13-27(14-16-29)12-11-21-5-2-3-8-24(21)27/h2-3,5,8-10,17H,4,6-7,11-16,18H2,1H3. The molecule has 2 heterocycles. The molecule has 1 aromatic heterocycles. The van der Waals surface area contributed by atoms with E-state index in [0.717, 1.165) is 42.5 Å². The highest BCUT2D eigenvalue weighted by molar-refractivity contribution is 5.57. The molecular weight excluding hydrogens is 368 g/mol. The van der Waals surface area contributed by atoms with Crippen molar-refractivity contribution in [2.75, 3.05) is 13.1 Å². The van der Waals surface area contributed by atoms with Crippen LogP contribution in [0.15, 0.2) is 46.9 Å². The van der Waals surface area contributed by atoms with Crippen LogP contribution in [0.25, 0.3) is 11.5 Å². The maximum Gasteiger partial charge on any atom is 0.226 e. The molecule has 0 N–H and O–H groups in total. The van der Waals surface area contributed by atoms with Gasteiger partial charge in [-0.2, -0.15) is 0 Å². The van der Waals surface area contributed by atoms with Crippen molar-refractivity contribution in [1.29, 1.82) is 0 Å². The number of hydrogen-bond donors (Lipinski definition) is 0. The number of likely N-dealkylation sites (tertiary alicyclic amines) is 1. The van der Waals surface area contributed by atoms with Crippen LogP contribution in [0.2, 0.25) is 0 Å². The second kappa shape index (κ2) is 7.09. The van der Waals surface area contributed by atoms with Gasteiger partial charge < -0.3 is 4.42 Å². The molecule has 1 saturated heterocycles. The van der Waals surface area contributed by atoms with Crippen LogP contribution in [0.5, 0.6) is 0 Å². The first-order valence-corrected chi connectivity index (χ1v) is 11.6. The van der Waals surface area contributed by atoms with Gasteiger partial charge in [0.2, 0.25) is 5.89 Å². The Morgan fingerprint density at radius 3 is 2.67 bits per heavy atom. The molecular formula is C27H30N2O. The fourth-order valence-electron chi connectivity index (χ4n) is 6.04. The van der Waals surface area contributed by atoms with E-state index in [-0.39, 0.29) is 0 Å². The molecule has 0 saturated carbocycles. The minimum atomic E-state index is 0.418. The lowest BCUT2D eigenvalue weighted by Crippen LogP contribution is -2.41. The summed E-state index contributed by atoms with van der Waals surface area (Å²) in [6, 6.07) is 15.9. The number of aryl methyl sites for hydroxylation is 4. The van der Waals surface area contributed by atoms with Crippen LogP contribution in [0.3, 0.4) is 0 Å². The predicted molar refractivity (Wildman–Crippen MR) is 120 cm³/mol. The molecule has 0 atom stereocenters. The average Bonchev–Trinajstić information content (AvgIpc) is 3.48. The molecule has 0 bridgehead atoms. The van der Waals surface area contributed by atoms with Crippen LogP contribution in [0.1, 0.15) is 59.4 Å². The van der Waals surface area contributed by atoms with E-state index in [2.05, 4.69) is 54.3 Å². The van der Waals surface area contributed by atoms with E-state index >= 15 is 0 Å². The van der Waals surface area contributed by atoms with Gasteiger partial charge >= 0.3 is 0 Å². The van der Waals surface area contributed by atoms with Crippen molar-refractivity contribution in [1.82, 2.24) is 9.88 Å². The normalized spacial score (nSPS) is 19.9. The van der Waals surface area contributed by atoms with Gasteiger partial charge in [0.15, 0.2) is 0 Å². The summed E-state index contributed by atoms with van der Waals surface area (Å²) in [6.07, 6.45) is 8.78. The third-order valence-electron chi connectivity index (χ3n) is 7.89. The third kappa shape index (κ3) is 3.02. The number of hydrogen-bond acceptors (Lipinski definition) is 3. The van der Waals surface area contributed by atoms with E-state index in [9.17, 15) is 0 Å². The monoisotopic (exact) mass is 398 g/mol. The fraction of sp³-hybridized carbons (Fsp3) is 0.444. The van der Waals surface area contributed by atoms with Gasteiger partial charge in [0, 0.05) is 12.1 Å². The van der Waals surface area contributed by atoms with Crippen LogP contribution in [-0.4, -0.2) is 23.0 Å². The zero-order chi connectivity index (χ0) is 20.1. The zero-order valence-corrected chi connectivity index (χ0v) is 17.9. The topological polar surface area (TPSA) is 29.3 Å². The number of rotatable bonds is 3. The number of piperidine rings is 1. The van der Waals surface area contributed by atoms with Gasteiger partial charge in [-0.25, -0.2) is 4.98 Å². The Morgan fingerprint density at radius 1 is 0.933 bits per heavy atom. The van der Waals surface area contributed by atoms with Gasteiger partial charge in [-0.1, -0.05) is 30.3 Å². The summed E-state index contributed by atoms with van der Waals surface area (Å²) in [5.74, 6) is 1.76.